The molecular formula is C25H39N4O17PS. The number of carbonyl (C=O) groups excluding carboxylic acids is 2. The fraction of sp³-hybridized carbons (Fsp3) is 0.720. The summed E-state index contributed by atoms with van der Waals surface area (Å²) >= 11 is 3.99. The van der Waals surface area contributed by atoms with Crippen molar-refractivity contribution >= 4 is 43.9 Å². The number of carboxylic acids is 1. The summed E-state index contributed by atoms with van der Waals surface area (Å²) in [7, 11) is -5.58. The third-order valence-electron chi connectivity index (χ3n) is 7.60. The van der Waals surface area contributed by atoms with Crippen molar-refractivity contribution in [2.45, 2.75) is 80.4 Å². The second-order valence-electron chi connectivity index (χ2n) is 11.1. The molecule has 1 aromatic rings. The zero-order chi connectivity index (χ0) is 36.0. The summed E-state index contributed by atoms with van der Waals surface area (Å²) < 4.78 is 34.2. The van der Waals surface area contributed by atoms with Gasteiger partial charge in [-0.1, -0.05) is 0 Å². The number of ketones is 1. The highest BCUT2D eigenvalue weighted by Crippen LogP contribution is 2.52. The number of aliphatic hydroxyl groups excluding tert-OH is 6. The Morgan fingerprint density at radius 3 is 2.54 bits per heavy atom. The van der Waals surface area contributed by atoms with E-state index in [9.17, 15) is 64.4 Å². The maximum atomic E-state index is 13.0. The van der Waals surface area contributed by atoms with Crippen LogP contribution in [0.3, 0.4) is 0 Å². The molecule has 0 aromatic carbocycles. The summed E-state index contributed by atoms with van der Waals surface area (Å²) in [5.41, 5.74) is 4.47. The van der Waals surface area contributed by atoms with Gasteiger partial charge in [0.25, 0.3) is 5.79 Å². The summed E-state index contributed by atoms with van der Waals surface area (Å²) in [5.74, 6) is -7.75. The van der Waals surface area contributed by atoms with Crippen LogP contribution in [-0.4, -0.2) is 142 Å². The van der Waals surface area contributed by atoms with Crippen LogP contribution in [0.4, 0.5) is 5.82 Å². The zero-order valence-corrected chi connectivity index (χ0v) is 26.9. The molecule has 48 heavy (non-hydrogen) atoms. The van der Waals surface area contributed by atoms with E-state index in [1.807, 2.05) is 0 Å². The Kier molecular flexibility index (Phi) is 14.0. The molecule has 0 aliphatic carbocycles. The molecule has 3 rings (SSSR count). The van der Waals surface area contributed by atoms with E-state index in [-0.39, 0.29) is 12.2 Å². The number of thiol groups is 1. The average Bonchev–Trinajstić information content (AvgIpc) is 3.30. The summed E-state index contributed by atoms with van der Waals surface area (Å²) in [6.07, 6.45) is -15.0. The summed E-state index contributed by atoms with van der Waals surface area (Å²) in [6, 6.07) is 1.20. The zero-order valence-electron chi connectivity index (χ0n) is 25.1. The molecule has 0 radical (unpaired) electrons. The van der Waals surface area contributed by atoms with Crippen LogP contribution in [-0.2, 0) is 37.5 Å². The van der Waals surface area contributed by atoms with Crippen molar-refractivity contribution in [2.24, 2.45) is 5.92 Å². The number of hydrogen-bond acceptors (Lipinski definition) is 18. The summed E-state index contributed by atoms with van der Waals surface area (Å²) in [6.45, 7) is -2.64. The van der Waals surface area contributed by atoms with E-state index in [4.69, 9.17) is 24.3 Å². The van der Waals surface area contributed by atoms with Gasteiger partial charge in [-0.2, -0.15) is 17.6 Å². The molecule has 11 N–H and O–H groups in total. The van der Waals surface area contributed by atoms with E-state index < -0.39 is 124 Å². The quantitative estimate of drug-likeness (QED) is 0.0532. The largest absolute Gasteiger partial charge is 0.477 e. The first-order valence-electron chi connectivity index (χ1n) is 14.4. The highest BCUT2D eigenvalue weighted by molar-refractivity contribution is 7.80. The lowest BCUT2D eigenvalue weighted by Gasteiger charge is -2.46. The molecular weight excluding hydrogens is 691 g/mol. The Hall–Kier alpha value is -2.57. The number of phosphoric ester groups is 1. The first-order valence-corrected chi connectivity index (χ1v) is 16.6. The van der Waals surface area contributed by atoms with Gasteiger partial charge in [-0.05, 0) is 18.2 Å². The number of ether oxygens (including phenoxy) is 2. The van der Waals surface area contributed by atoms with Gasteiger partial charge in [0.05, 0.1) is 32.0 Å². The number of anilines is 1. The topological polar surface area (TPSA) is 340 Å². The molecule has 2 aliphatic heterocycles. The van der Waals surface area contributed by atoms with Gasteiger partial charge in [-0.15, -0.1) is 0 Å². The minimum absolute atomic E-state index is 0.0742. The lowest BCUT2D eigenvalue weighted by Crippen LogP contribution is -2.62. The van der Waals surface area contributed by atoms with Crippen molar-refractivity contribution in [3.05, 3.63) is 22.7 Å². The lowest BCUT2D eigenvalue weighted by molar-refractivity contribution is -0.298. The minimum atomic E-state index is -5.58. The van der Waals surface area contributed by atoms with E-state index >= 15 is 0 Å². The number of aliphatic hydroxyl groups is 6. The normalized spacial score (nSPS) is 31.5. The van der Waals surface area contributed by atoms with Gasteiger partial charge in [0.2, 0.25) is 5.91 Å². The van der Waals surface area contributed by atoms with Crippen LogP contribution >= 0.6 is 20.5 Å². The molecule has 1 amide bonds. The molecule has 2 aliphatic rings. The summed E-state index contributed by atoms with van der Waals surface area (Å²) in [4.78, 5) is 63.0. The smallest absolute Gasteiger partial charge is 0.475 e. The number of nitrogens with two attached hydrogens (primary N) is 1. The van der Waals surface area contributed by atoms with Crippen LogP contribution in [0, 0.1) is 5.92 Å². The number of nitrogens with zero attached hydrogens (tertiary/aromatic N) is 2. The van der Waals surface area contributed by atoms with Crippen molar-refractivity contribution in [3.8, 4) is 0 Å². The minimum Gasteiger partial charge on any atom is -0.477 e. The third kappa shape index (κ3) is 9.78. The molecule has 0 saturated carbocycles. The Morgan fingerprint density at radius 1 is 1.25 bits per heavy atom. The molecule has 2 fully saturated rings. The molecule has 2 saturated heterocycles. The predicted octanol–water partition coefficient (Wildman–Crippen LogP) is -4.38. The lowest BCUT2D eigenvalue weighted by atomic mass is 9.80. The monoisotopic (exact) mass is 730 g/mol. The number of aromatic nitrogens is 2. The Morgan fingerprint density at radius 2 is 1.94 bits per heavy atom. The Labute approximate surface area is 277 Å². The maximum Gasteiger partial charge on any atom is 0.475 e. The van der Waals surface area contributed by atoms with Crippen LogP contribution in [0.15, 0.2) is 17.1 Å². The molecule has 0 bridgehead atoms. The van der Waals surface area contributed by atoms with Crippen molar-refractivity contribution in [1.29, 1.82) is 0 Å². The van der Waals surface area contributed by atoms with Crippen molar-refractivity contribution in [2.75, 3.05) is 31.2 Å². The number of carbonyl (C=O) groups is 3. The molecule has 3 heterocycles. The Balaban J connectivity index is 1.76. The number of amides is 1. The van der Waals surface area contributed by atoms with Gasteiger partial charge in [0.1, 0.15) is 36.3 Å². The van der Waals surface area contributed by atoms with Gasteiger partial charge in [-0.25, -0.2) is 18.7 Å². The highest BCUT2D eigenvalue weighted by atomic mass is 32.1. The van der Waals surface area contributed by atoms with E-state index in [1.165, 1.54) is 6.07 Å². The van der Waals surface area contributed by atoms with Gasteiger partial charge in [-0.3, -0.25) is 18.7 Å². The average molecular weight is 731 g/mol. The molecule has 3 unspecified atom stereocenters. The molecule has 0 spiro atoms. The van der Waals surface area contributed by atoms with Gasteiger partial charge in [0, 0.05) is 31.4 Å². The number of Topliss-reactive ketones (excluding diaryl/α,β-unsaturated/α-hetero) is 1. The van der Waals surface area contributed by atoms with E-state index in [0.29, 0.717) is 12.2 Å². The predicted molar refractivity (Wildman–Crippen MR) is 160 cm³/mol. The fourth-order valence-corrected chi connectivity index (χ4v) is 6.21. The molecule has 1 aromatic heterocycles. The number of aliphatic carboxylic acids is 1. The number of phosphoric acid groups is 1. The van der Waals surface area contributed by atoms with E-state index in [2.05, 4.69) is 22.9 Å². The number of hydrogen-bond donors (Lipinski definition) is 11. The summed E-state index contributed by atoms with van der Waals surface area (Å²) in [5, 5.41) is 74.2. The SMILES string of the molecule is Nc1ccn([C@@H]2O[C@H](COP(=O)(O)O[C@@]3(C(=O)O)C[C@@H](O)[C@@H](CC(=O)CNC(=O)CCCS)C([C@H](O)[C@H](O)CO)O3)[C@H](O)C2O)c(=O)n1. The van der Waals surface area contributed by atoms with Gasteiger partial charge in [0.15, 0.2) is 12.0 Å². The van der Waals surface area contributed by atoms with Gasteiger partial charge >= 0.3 is 19.5 Å². The number of nitrogens with one attached hydrogen (secondary N) is 1. The number of rotatable bonds is 17. The van der Waals surface area contributed by atoms with Crippen LogP contribution in [0.1, 0.15) is 31.9 Å². The second kappa shape index (κ2) is 16.9. The number of carboxylic acid groups (broad SMARTS) is 1. The Bertz CT molecular complexity index is 1400. The molecule has 21 nitrogen and oxygen atoms in total. The van der Waals surface area contributed by atoms with E-state index in [1.54, 1.807) is 0 Å². The van der Waals surface area contributed by atoms with Crippen LogP contribution < -0.4 is 16.7 Å². The van der Waals surface area contributed by atoms with Crippen molar-refractivity contribution < 1.29 is 78.1 Å². The van der Waals surface area contributed by atoms with Crippen LogP contribution in [0.5, 0.6) is 0 Å². The molecule has 11 atom stereocenters. The van der Waals surface area contributed by atoms with Crippen LogP contribution in [0.2, 0.25) is 0 Å². The maximum absolute atomic E-state index is 13.0. The first-order chi connectivity index (χ1) is 22.4. The fourth-order valence-electron chi connectivity index (χ4n) is 5.10. The highest BCUT2D eigenvalue weighted by Gasteiger charge is 2.58. The molecule has 23 heteroatoms. The third-order valence-corrected chi connectivity index (χ3v) is 8.92. The number of nitrogen functional groups attached to an aromatic ring is 1. The second-order valence-corrected chi connectivity index (χ2v) is 12.9. The van der Waals surface area contributed by atoms with Crippen LogP contribution in [0.25, 0.3) is 0 Å². The van der Waals surface area contributed by atoms with Crippen molar-refractivity contribution in [1.82, 2.24) is 14.9 Å². The standard InChI is InChI=1S/C25H39N4O17PS/c26-16-3-4-29(24(40)28-16)22-20(37)19(36)15(44-22)10-43-47(41,42)46-25(23(38)39)7-13(32)12(21(45-25)18(35)14(33)9-30)6-11(31)8-27-17(34)2-1-5-48/h3-4,12-15,18-22,30,32-33,35-37,48H,1-2,5-10H2,(H,27,34)(H,38,39)(H,41,42)(H2,26,28,40)/t12-,13-,14-,15-,18-,19+,20?,21?,22-,25-/m1/s1. The van der Waals surface area contributed by atoms with Gasteiger partial charge < -0.3 is 61.2 Å². The van der Waals surface area contributed by atoms with E-state index in [0.717, 1.165) is 10.8 Å². The first kappa shape index (κ1) is 39.9. The molecule has 272 valence electrons. The van der Waals surface area contributed by atoms with Crippen molar-refractivity contribution in [3.63, 3.8) is 0 Å².